The quantitative estimate of drug-likeness (QED) is 0.921. The Hall–Kier alpha value is -1.20. The van der Waals surface area contributed by atoms with E-state index in [0.717, 1.165) is 31.1 Å². The van der Waals surface area contributed by atoms with Gasteiger partial charge >= 0.3 is 0 Å². The summed E-state index contributed by atoms with van der Waals surface area (Å²) in [5, 5.41) is 12.2. The lowest BCUT2D eigenvalue weighted by molar-refractivity contribution is 0.169. The zero-order chi connectivity index (χ0) is 15.6. The average Bonchev–Trinajstić information content (AvgIpc) is 2.42. The molecule has 0 aromatic carbocycles. The summed E-state index contributed by atoms with van der Waals surface area (Å²) in [5.41, 5.74) is 1.09. The summed E-state index contributed by atoms with van der Waals surface area (Å²) in [5.74, 6) is 0.987. The monoisotopic (exact) mass is 291 g/mol. The molecule has 21 heavy (non-hydrogen) atoms. The van der Waals surface area contributed by atoms with Crippen LogP contribution in [0.1, 0.15) is 40.3 Å². The van der Waals surface area contributed by atoms with Crippen molar-refractivity contribution in [1.82, 2.24) is 20.4 Å². The fourth-order valence-electron chi connectivity index (χ4n) is 2.56. The highest BCUT2D eigenvalue weighted by Crippen LogP contribution is 2.19. The number of hydrogen-bond donors (Lipinski definition) is 1. The summed E-state index contributed by atoms with van der Waals surface area (Å²) in [6, 6.07) is 5.25. The van der Waals surface area contributed by atoms with Gasteiger partial charge in [0.1, 0.15) is 0 Å². The highest BCUT2D eigenvalue weighted by Gasteiger charge is 2.27. The zero-order valence-electron chi connectivity index (χ0n) is 14.2. The lowest BCUT2D eigenvalue weighted by Crippen LogP contribution is -2.55. The van der Waals surface area contributed by atoms with Crippen LogP contribution in [0.3, 0.4) is 0 Å². The maximum Gasteiger partial charge on any atom is 0.151 e. The van der Waals surface area contributed by atoms with Gasteiger partial charge in [-0.05, 0) is 53.8 Å². The van der Waals surface area contributed by atoms with Gasteiger partial charge in [-0.1, -0.05) is 0 Å². The van der Waals surface area contributed by atoms with Crippen LogP contribution in [0, 0.1) is 0 Å². The van der Waals surface area contributed by atoms with Crippen LogP contribution < -0.4 is 10.2 Å². The number of rotatable bonds is 3. The molecular weight excluding hydrogens is 262 g/mol. The molecule has 1 aromatic heterocycles. The Bertz CT molecular complexity index is 439. The van der Waals surface area contributed by atoms with Gasteiger partial charge in [-0.15, -0.1) is 5.10 Å². The standard InChI is InChI=1S/C16H29N5/c1-12-10-21(11-13(2)20(12)6)15-8-7-14(18-19-15)9-17-16(3,4)5/h7-8,12-13,17H,9-11H2,1-6H3. The predicted octanol–water partition coefficient (Wildman–Crippen LogP) is 1.89. The summed E-state index contributed by atoms with van der Waals surface area (Å²) in [6.45, 7) is 13.8. The number of aromatic nitrogens is 2. The maximum absolute atomic E-state index is 4.41. The molecule has 1 saturated heterocycles. The molecule has 5 heteroatoms. The molecule has 2 unspecified atom stereocenters. The van der Waals surface area contributed by atoms with Gasteiger partial charge in [0.25, 0.3) is 0 Å². The molecule has 5 nitrogen and oxygen atoms in total. The Morgan fingerprint density at radius 2 is 1.76 bits per heavy atom. The highest BCUT2D eigenvalue weighted by atomic mass is 15.3. The third-order valence-corrected chi connectivity index (χ3v) is 4.19. The van der Waals surface area contributed by atoms with Crippen molar-refractivity contribution in [2.24, 2.45) is 0 Å². The van der Waals surface area contributed by atoms with E-state index < -0.39 is 0 Å². The fourth-order valence-corrected chi connectivity index (χ4v) is 2.56. The van der Waals surface area contributed by atoms with E-state index in [0.29, 0.717) is 12.1 Å². The van der Waals surface area contributed by atoms with Gasteiger partial charge in [0.05, 0.1) is 5.69 Å². The first kappa shape index (κ1) is 16.2. The van der Waals surface area contributed by atoms with Crippen molar-refractivity contribution in [3.8, 4) is 0 Å². The second kappa shape index (κ2) is 6.28. The van der Waals surface area contributed by atoms with Crippen molar-refractivity contribution < 1.29 is 0 Å². The summed E-state index contributed by atoms with van der Waals surface area (Å²) in [4.78, 5) is 4.76. The SMILES string of the molecule is CC1CN(c2ccc(CNC(C)(C)C)nn2)CC(C)N1C. The van der Waals surface area contributed by atoms with Gasteiger partial charge in [0, 0.05) is 37.3 Å². The Morgan fingerprint density at radius 1 is 1.14 bits per heavy atom. The Morgan fingerprint density at radius 3 is 2.24 bits per heavy atom. The van der Waals surface area contributed by atoms with Crippen LogP contribution >= 0.6 is 0 Å². The zero-order valence-corrected chi connectivity index (χ0v) is 14.2. The topological polar surface area (TPSA) is 44.3 Å². The lowest BCUT2D eigenvalue weighted by Gasteiger charge is -2.42. The van der Waals surface area contributed by atoms with E-state index in [1.54, 1.807) is 0 Å². The summed E-state index contributed by atoms with van der Waals surface area (Å²) < 4.78 is 0. The molecule has 1 aliphatic heterocycles. The minimum absolute atomic E-state index is 0.0999. The number of anilines is 1. The number of nitrogens with zero attached hydrogens (tertiary/aromatic N) is 4. The van der Waals surface area contributed by atoms with E-state index in [4.69, 9.17) is 0 Å². The van der Waals surface area contributed by atoms with Crippen LogP contribution in [0.5, 0.6) is 0 Å². The molecule has 1 aliphatic rings. The van der Waals surface area contributed by atoms with Crippen LogP contribution in [0.2, 0.25) is 0 Å². The van der Waals surface area contributed by atoms with Crippen LogP contribution in [-0.4, -0.2) is 52.9 Å². The Balaban J connectivity index is 1.99. The smallest absolute Gasteiger partial charge is 0.151 e. The molecule has 0 spiro atoms. The third-order valence-electron chi connectivity index (χ3n) is 4.19. The predicted molar refractivity (Wildman–Crippen MR) is 87.5 cm³/mol. The molecule has 0 bridgehead atoms. The lowest BCUT2D eigenvalue weighted by atomic mass is 10.1. The van der Waals surface area contributed by atoms with E-state index in [1.807, 2.05) is 0 Å². The first-order valence-corrected chi connectivity index (χ1v) is 7.81. The largest absolute Gasteiger partial charge is 0.352 e. The summed E-state index contributed by atoms with van der Waals surface area (Å²) in [6.07, 6.45) is 0. The molecule has 2 rings (SSSR count). The van der Waals surface area contributed by atoms with Gasteiger partial charge in [-0.3, -0.25) is 4.90 Å². The first-order valence-electron chi connectivity index (χ1n) is 7.81. The molecular formula is C16H29N5. The van der Waals surface area contributed by atoms with Crippen molar-refractivity contribution in [3.63, 3.8) is 0 Å². The van der Waals surface area contributed by atoms with Crippen molar-refractivity contribution in [2.75, 3.05) is 25.0 Å². The molecule has 0 amide bonds. The number of piperazine rings is 1. The molecule has 0 aliphatic carbocycles. The Labute approximate surface area is 128 Å². The number of nitrogens with one attached hydrogen (secondary N) is 1. The second-order valence-corrected chi connectivity index (χ2v) is 7.25. The van der Waals surface area contributed by atoms with Crippen molar-refractivity contribution in [1.29, 1.82) is 0 Å². The first-order chi connectivity index (χ1) is 9.76. The molecule has 2 atom stereocenters. The second-order valence-electron chi connectivity index (χ2n) is 7.25. The minimum atomic E-state index is 0.0999. The third kappa shape index (κ3) is 4.38. The maximum atomic E-state index is 4.41. The van der Waals surface area contributed by atoms with E-state index in [9.17, 15) is 0 Å². The van der Waals surface area contributed by atoms with Gasteiger partial charge in [-0.2, -0.15) is 5.10 Å². The van der Waals surface area contributed by atoms with Crippen LogP contribution in [0.25, 0.3) is 0 Å². The Kier molecular flexibility index (Phi) is 4.84. The van der Waals surface area contributed by atoms with Gasteiger partial charge in [0.15, 0.2) is 5.82 Å². The van der Waals surface area contributed by atoms with E-state index in [1.165, 1.54) is 0 Å². The van der Waals surface area contributed by atoms with Gasteiger partial charge in [0.2, 0.25) is 0 Å². The van der Waals surface area contributed by atoms with E-state index in [2.05, 4.69) is 79.1 Å². The number of likely N-dealkylation sites (N-methyl/N-ethyl adjacent to an activating group) is 1. The van der Waals surface area contributed by atoms with Crippen molar-refractivity contribution >= 4 is 5.82 Å². The molecule has 118 valence electrons. The molecule has 1 aromatic rings. The highest BCUT2D eigenvalue weighted by molar-refractivity contribution is 5.38. The molecule has 0 radical (unpaired) electrons. The van der Waals surface area contributed by atoms with Gasteiger partial charge < -0.3 is 10.2 Å². The van der Waals surface area contributed by atoms with Crippen LogP contribution in [0.15, 0.2) is 12.1 Å². The molecule has 2 heterocycles. The van der Waals surface area contributed by atoms with Gasteiger partial charge in [-0.25, -0.2) is 0 Å². The fraction of sp³-hybridized carbons (Fsp3) is 0.750. The molecule has 1 fully saturated rings. The van der Waals surface area contributed by atoms with Crippen LogP contribution in [0.4, 0.5) is 5.82 Å². The minimum Gasteiger partial charge on any atom is -0.352 e. The summed E-state index contributed by atoms with van der Waals surface area (Å²) in [7, 11) is 2.19. The van der Waals surface area contributed by atoms with Crippen LogP contribution in [-0.2, 0) is 6.54 Å². The normalized spacial score (nSPS) is 24.4. The van der Waals surface area contributed by atoms with Crippen molar-refractivity contribution in [2.45, 2.75) is 58.8 Å². The van der Waals surface area contributed by atoms with Crippen molar-refractivity contribution in [3.05, 3.63) is 17.8 Å². The molecule has 0 saturated carbocycles. The molecule has 1 N–H and O–H groups in total. The summed E-state index contributed by atoms with van der Waals surface area (Å²) >= 11 is 0. The average molecular weight is 291 g/mol. The van der Waals surface area contributed by atoms with E-state index in [-0.39, 0.29) is 5.54 Å². The van der Waals surface area contributed by atoms with E-state index >= 15 is 0 Å². The number of hydrogen-bond acceptors (Lipinski definition) is 5.